The van der Waals surface area contributed by atoms with Crippen molar-refractivity contribution >= 4 is 11.7 Å². The first-order chi connectivity index (χ1) is 10.6. The fourth-order valence-corrected chi connectivity index (χ4v) is 3.49. The molecule has 0 saturated heterocycles. The number of hydrogen-bond acceptors (Lipinski definition) is 4. The zero-order chi connectivity index (χ0) is 15.4. The SMILES string of the molecule is Cc1cc(O)c2c(c1)NC(C(=O)O)C1Oc3ccccc3C21. The van der Waals surface area contributed by atoms with Gasteiger partial charge in [-0.1, -0.05) is 18.2 Å². The highest BCUT2D eigenvalue weighted by Gasteiger charge is 2.48. The Morgan fingerprint density at radius 2 is 2.05 bits per heavy atom. The van der Waals surface area contributed by atoms with Crippen LogP contribution in [0.15, 0.2) is 36.4 Å². The van der Waals surface area contributed by atoms with Crippen LogP contribution in [0.25, 0.3) is 0 Å². The Labute approximate surface area is 127 Å². The number of aryl methyl sites for hydroxylation is 1. The van der Waals surface area contributed by atoms with Gasteiger partial charge in [-0.25, -0.2) is 4.79 Å². The van der Waals surface area contributed by atoms with Crippen molar-refractivity contribution in [2.75, 3.05) is 5.32 Å². The molecule has 0 bridgehead atoms. The highest BCUT2D eigenvalue weighted by Crippen LogP contribution is 2.51. The Balaban J connectivity index is 1.96. The quantitative estimate of drug-likeness (QED) is 0.753. The molecule has 3 N–H and O–H groups in total. The van der Waals surface area contributed by atoms with Gasteiger partial charge < -0.3 is 20.3 Å². The third-order valence-corrected chi connectivity index (χ3v) is 4.36. The number of ether oxygens (including phenoxy) is 1. The fraction of sp³-hybridized carbons (Fsp3) is 0.235. The maximum Gasteiger partial charge on any atom is 0.330 e. The average molecular weight is 297 g/mol. The molecule has 2 aliphatic heterocycles. The second-order valence-electron chi connectivity index (χ2n) is 5.80. The minimum Gasteiger partial charge on any atom is -0.508 e. The van der Waals surface area contributed by atoms with E-state index in [0.29, 0.717) is 17.0 Å². The normalized spacial score (nSPS) is 24.5. The van der Waals surface area contributed by atoms with E-state index in [-0.39, 0.29) is 11.7 Å². The zero-order valence-electron chi connectivity index (χ0n) is 11.9. The van der Waals surface area contributed by atoms with Gasteiger partial charge >= 0.3 is 5.97 Å². The van der Waals surface area contributed by atoms with Crippen molar-refractivity contribution in [3.05, 3.63) is 53.1 Å². The first-order valence-corrected chi connectivity index (χ1v) is 7.14. The van der Waals surface area contributed by atoms with E-state index in [0.717, 1.165) is 11.1 Å². The summed E-state index contributed by atoms with van der Waals surface area (Å²) in [6.07, 6.45) is -0.573. The monoisotopic (exact) mass is 297 g/mol. The maximum atomic E-state index is 11.6. The number of carboxylic acid groups (broad SMARTS) is 1. The number of para-hydroxylation sites is 1. The standard InChI is InChI=1S/C17H15NO4/c1-8-6-10-14(11(19)7-8)13-9-4-2-3-5-12(9)22-16(13)15(18-10)17(20)21/h2-7,13,15-16,18-19H,1H3,(H,20,21). The molecule has 22 heavy (non-hydrogen) atoms. The third kappa shape index (κ3) is 1.68. The second-order valence-corrected chi connectivity index (χ2v) is 5.80. The Bertz CT molecular complexity index is 786. The predicted octanol–water partition coefficient (Wildman–Crippen LogP) is 2.47. The first kappa shape index (κ1) is 13.0. The molecule has 3 unspecified atom stereocenters. The number of nitrogens with one attached hydrogen (secondary N) is 1. The predicted molar refractivity (Wildman–Crippen MR) is 80.6 cm³/mol. The van der Waals surface area contributed by atoms with Crippen molar-refractivity contribution in [3.8, 4) is 11.5 Å². The number of carboxylic acids is 1. The molecule has 0 fully saturated rings. The van der Waals surface area contributed by atoms with Crippen LogP contribution in [0.1, 0.15) is 22.6 Å². The highest BCUT2D eigenvalue weighted by atomic mass is 16.5. The average Bonchev–Trinajstić information content (AvgIpc) is 2.84. The van der Waals surface area contributed by atoms with E-state index in [2.05, 4.69) is 5.32 Å². The lowest BCUT2D eigenvalue weighted by atomic mass is 9.80. The Morgan fingerprint density at radius 1 is 1.27 bits per heavy atom. The molecule has 0 aromatic heterocycles. The number of phenolic OH excluding ortho intramolecular Hbond substituents is 1. The summed E-state index contributed by atoms with van der Waals surface area (Å²) < 4.78 is 5.87. The summed E-state index contributed by atoms with van der Waals surface area (Å²) in [5.74, 6) is -0.399. The minimum absolute atomic E-state index is 0.168. The van der Waals surface area contributed by atoms with Gasteiger partial charge in [-0.3, -0.25) is 0 Å². The smallest absolute Gasteiger partial charge is 0.330 e. The van der Waals surface area contributed by atoms with Gasteiger partial charge in [0.1, 0.15) is 17.6 Å². The van der Waals surface area contributed by atoms with Crippen molar-refractivity contribution in [1.82, 2.24) is 0 Å². The van der Waals surface area contributed by atoms with Crippen LogP contribution in [0.5, 0.6) is 11.5 Å². The van der Waals surface area contributed by atoms with Crippen molar-refractivity contribution < 1.29 is 19.7 Å². The van der Waals surface area contributed by atoms with E-state index >= 15 is 0 Å². The molecule has 0 saturated carbocycles. The number of hydrogen-bond donors (Lipinski definition) is 3. The summed E-state index contributed by atoms with van der Waals surface area (Å²) in [6.45, 7) is 1.86. The first-order valence-electron chi connectivity index (χ1n) is 7.14. The summed E-state index contributed by atoms with van der Waals surface area (Å²) in [5, 5.41) is 22.9. The van der Waals surface area contributed by atoms with Gasteiger partial charge in [0, 0.05) is 16.8 Å². The fourth-order valence-electron chi connectivity index (χ4n) is 3.49. The number of rotatable bonds is 1. The summed E-state index contributed by atoms with van der Waals surface area (Å²) in [6, 6.07) is 10.2. The number of aliphatic carboxylic acids is 1. The molecule has 0 spiro atoms. The molecule has 3 atom stereocenters. The second kappa shape index (κ2) is 4.40. The van der Waals surface area contributed by atoms with Crippen LogP contribution in [0.4, 0.5) is 5.69 Å². The van der Waals surface area contributed by atoms with Crippen molar-refractivity contribution in [2.45, 2.75) is 25.0 Å². The Kier molecular flexibility index (Phi) is 2.60. The van der Waals surface area contributed by atoms with Crippen LogP contribution in [0.2, 0.25) is 0 Å². The summed E-state index contributed by atoms with van der Waals surface area (Å²) in [5.41, 5.74) is 3.16. The molecule has 4 rings (SSSR count). The largest absolute Gasteiger partial charge is 0.508 e. The van der Waals surface area contributed by atoms with Crippen LogP contribution in [0, 0.1) is 6.92 Å². The highest BCUT2D eigenvalue weighted by molar-refractivity contribution is 5.83. The van der Waals surface area contributed by atoms with Gasteiger partial charge in [-0.15, -0.1) is 0 Å². The molecule has 2 aliphatic rings. The molecule has 0 aliphatic carbocycles. The van der Waals surface area contributed by atoms with E-state index < -0.39 is 18.1 Å². The number of fused-ring (bicyclic) bond motifs is 5. The third-order valence-electron chi connectivity index (χ3n) is 4.36. The lowest BCUT2D eigenvalue weighted by molar-refractivity contribution is -0.140. The maximum absolute atomic E-state index is 11.6. The minimum atomic E-state index is -0.963. The van der Waals surface area contributed by atoms with Crippen LogP contribution in [-0.4, -0.2) is 28.3 Å². The van der Waals surface area contributed by atoms with E-state index in [1.807, 2.05) is 37.3 Å². The molecule has 0 amide bonds. The van der Waals surface area contributed by atoms with Crippen LogP contribution < -0.4 is 10.1 Å². The number of carbonyl (C=O) groups is 1. The van der Waals surface area contributed by atoms with Gasteiger partial charge in [0.15, 0.2) is 6.04 Å². The van der Waals surface area contributed by atoms with Gasteiger partial charge in [-0.2, -0.15) is 0 Å². The topological polar surface area (TPSA) is 78.8 Å². The number of anilines is 1. The molecular formula is C17H15NO4. The molecule has 112 valence electrons. The van der Waals surface area contributed by atoms with E-state index in [1.165, 1.54) is 0 Å². The summed E-state index contributed by atoms with van der Waals surface area (Å²) in [7, 11) is 0. The molecular weight excluding hydrogens is 282 g/mol. The van der Waals surface area contributed by atoms with E-state index in [1.54, 1.807) is 6.07 Å². The molecule has 5 heteroatoms. The van der Waals surface area contributed by atoms with E-state index in [9.17, 15) is 15.0 Å². The molecule has 2 aromatic carbocycles. The van der Waals surface area contributed by atoms with E-state index in [4.69, 9.17) is 4.74 Å². The lowest BCUT2D eigenvalue weighted by Crippen LogP contribution is -2.48. The number of benzene rings is 2. The Hall–Kier alpha value is -2.69. The Morgan fingerprint density at radius 3 is 2.82 bits per heavy atom. The molecule has 5 nitrogen and oxygen atoms in total. The van der Waals surface area contributed by atoms with Gasteiger partial charge in [0.05, 0.1) is 5.92 Å². The zero-order valence-corrected chi connectivity index (χ0v) is 11.9. The summed E-state index contributed by atoms with van der Waals surface area (Å²) >= 11 is 0. The van der Waals surface area contributed by atoms with Gasteiger partial charge in [0.2, 0.25) is 0 Å². The molecule has 2 aromatic rings. The molecule has 0 radical (unpaired) electrons. The lowest BCUT2D eigenvalue weighted by Gasteiger charge is -2.34. The van der Waals surface area contributed by atoms with Gasteiger partial charge in [-0.05, 0) is 30.7 Å². The van der Waals surface area contributed by atoms with Crippen molar-refractivity contribution in [2.24, 2.45) is 0 Å². The van der Waals surface area contributed by atoms with Gasteiger partial charge in [0.25, 0.3) is 0 Å². The number of phenols is 1. The summed E-state index contributed by atoms with van der Waals surface area (Å²) in [4.78, 5) is 11.6. The van der Waals surface area contributed by atoms with Crippen LogP contribution >= 0.6 is 0 Å². The van der Waals surface area contributed by atoms with Crippen LogP contribution in [-0.2, 0) is 4.79 Å². The van der Waals surface area contributed by atoms with Crippen LogP contribution in [0.3, 0.4) is 0 Å². The molecule has 2 heterocycles. The van der Waals surface area contributed by atoms with Crippen molar-refractivity contribution in [1.29, 1.82) is 0 Å². The van der Waals surface area contributed by atoms with Crippen molar-refractivity contribution in [3.63, 3.8) is 0 Å². The number of aromatic hydroxyl groups is 1.